The fraction of sp³-hybridized carbons (Fsp3) is 0.700. The van der Waals surface area contributed by atoms with E-state index in [2.05, 4.69) is 6.58 Å². The number of hydrogen-bond donors (Lipinski definition) is 1. The van der Waals surface area contributed by atoms with Crippen LogP contribution >= 0.6 is 0 Å². The molecule has 1 aliphatic rings. The normalized spacial score (nSPS) is 28.3. The smallest absolute Gasteiger partial charge is 0.305 e. The minimum absolute atomic E-state index is 0.0869. The van der Waals surface area contributed by atoms with Crippen LogP contribution in [0.2, 0.25) is 0 Å². The molecule has 0 aromatic rings. The highest BCUT2D eigenvalue weighted by Crippen LogP contribution is 2.23. The molecule has 3 heteroatoms. The van der Waals surface area contributed by atoms with E-state index in [0.29, 0.717) is 0 Å². The summed E-state index contributed by atoms with van der Waals surface area (Å²) in [6, 6.07) is 0. The predicted molar refractivity (Wildman–Crippen MR) is 49.6 cm³/mol. The highest BCUT2D eigenvalue weighted by atomic mass is 16.5. The summed E-state index contributed by atoms with van der Waals surface area (Å²) in [5, 5.41) is 8.58. The van der Waals surface area contributed by atoms with Crippen LogP contribution in [0.4, 0.5) is 0 Å². The lowest BCUT2D eigenvalue weighted by Crippen LogP contribution is -2.29. The first-order valence-electron chi connectivity index (χ1n) is 4.70. The standard InChI is InChI=1S/C10H16O3/c1-2-4-8-5-3-6-9(13-8)7-10(11)12/h2,8-9H,1,3-7H2,(H,11,12)/t8-,9?/m1/s1. The maximum Gasteiger partial charge on any atom is 0.305 e. The van der Waals surface area contributed by atoms with E-state index >= 15 is 0 Å². The van der Waals surface area contributed by atoms with Crippen LogP contribution in [0.15, 0.2) is 12.7 Å². The van der Waals surface area contributed by atoms with Crippen LogP contribution in [0, 0.1) is 0 Å². The molecule has 0 aromatic heterocycles. The van der Waals surface area contributed by atoms with E-state index in [0.717, 1.165) is 25.7 Å². The van der Waals surface area contributed by atoms with Gasteiger partial charge in [0, 0.05) is 0 Å². The Kier molecular flexibility index (Phi) is 3.96. The van der Waals surface area contributed by atoms with Crippen LogP contribution in [-0.4, -0.2) is 23.3 Å². The molecule has 0 aliphatic carbocycles. The van der Waals surface area contributed by atoms with E-state index in [1.54, 1.807) is 0 Å². The molecule has 74 valence electrons. The van der Waals surface area contributed by atoms with Crippen LogP contribution in [0.5, 0.6) is 0 Å². The van der Waals surface area contributed by atoms with E-state index in [1.807, 2.05) is 6.08 Å². The van der Waals surface area contributed by atoms with Gasteiger partial charge in [0.05, 0.1) is 18.6 Å². The molecular formula is C10H16O3. The van der Waals surface area contributed by atoms with Crippen LogP contribution in [-0.2, 0) is 9.53 Å². The minimum Gasteiger partial charge on any atom is -0.481 e. The van der Waals surface area contributed by atoms with Gasteiger partial charge in [-0.1, -0.05) is 6.08 Å². The molecular weight excluding hydrogens is 168 g/mol. The van der Waals surface area contributed by atoms with Crippen molar-refractivity contribution in [3.05, 3.63) is 12.7 Å². The van der Waals surface area contributed by atoms with Crippen molar-refractivity contribution in [3.63, 3.8) is 0 Å². The van der Waals surface area contributed by atoms with E-state index in [1.165, 1.54) is 0 Å². The van der Waals surface area contributed by atoms with Gasteiger partial charge in [-0.05, 0) is 25.7 Å². The van der Waals surface area contributed by atoms with Gasteiger partial charge in [-0.2, -0.15) is 0 Å². The summed E-state index contributed by atoms with van der Waals surface area (Å²) in [6.07, 6.45) is 5.86. The summed E-state index contributed by atoms with van der Waals surface area (Å²) in [5.41, 5.74) is 0. The fourth-order valence-electron chi connectivity index (χ4n) is 1.69. The first-order chi connectivity index (χ1) is 6.22. The fourth-order valence-corrected chi connectivity index (χ4v) is 1.69. The summed E-state index contributed by atoms with van der Waals surface area (Å²) in [4.78, 5) is 10.4. The predicted octanol–water partition coefficient (Wildman–Crippen LogP) is 1.97. The summed E-state index contributed by atoms with van der Waals surface area (Å²) >= 11 is 0. The number of carboxylic acids is 1. The SMILES string of the molecule is C=CC[C@@H]1CCCC(CC(=O)O)O1. The summed E-state index contributed by atoms with van der Waals surface area (Å²) in [7, 11) is 0. The van der Waals surface area contributed by atoms with Gasteiger partial charge in [0.15, 0.2) is 0 Å². The molecule has 13 heavy (non-hydrogen) atoms. The van der Waals surface area contributed by atoms with Gasteiger partial charge >= 0.3 is 5.97 Å². The quantitative estimate of drug-likeness (QED) is 0.679. The molecule has 1 rings (SSSR count). The Bertz CT molecular complexity index is 189. The lowest BCUT2D eigenvalue weighted by molar-refractivity contribution is -0.143. The molecule has 0 spiro atoms. The maximum atomic E-state index is 10.4. The third kappa shape index (κ3) is 3.59. The number of hydrogen-bond acceptors (Lipinski definition) is 2. The Hall–Kier alpha value is -0.830. The Balaban J connectivity index is 2.32. The van der Waals surface area contributed by atoms with Gasteiger partial charge in [-0.25, -0.2) is 0 Å². The van der Waals surface area contributed by atoms with Gasteiger partial charge in [0.2, 0.25) is 0 Å². The van der Waals surface area contributed by atoms with Crippen LogP contribution in [0.25, 0.3) is 0 Å². The van der Waals surface area contributed by atoms with Crippen molar-refractivity contribution in [1.29, 1.82) is 0 Å². The Morgan fingerprint density at radius 1 is 1.54 bits per heavy atom. The van der Waals surface area contributed by atoms with Crippen LogP contribution < -0.4 is 0 Å². The van der Waals surface area contributed by atoms with Gasteiger partial charge in [-0.3, -0.25) is 4.79 Å². The average molecular weight is 184 g/mol. The number of carboxylic acid groups (broad SMARTS) is 1. The average Bonchev–Trinajstić information content (AvgIpc) is 2.04. The van der Waals surface area contributed by atoms with Gasteiger partial charge in [0.25, 0.3) is 0 Å². The maximum absolute atomic E-state index is 10.4. The molecule has 1 aliphatic heterocycles. The second-order valence-electron chi connectivity index (χ2n) is 3.43. The minimum atomic E-state index is -0.774. The highest BCUT2D eigenvalue weighted by Gasteiger charge is 2.23. The Labute approximate surface area is 78.4 Å². The second kappa shape index (κ2) is 5.02. The third-order valence-electron chi connectivity index (χ3n) is 2.27. The molecule has 1 fully saturated rings. The van der Waals surface area contributed by atoms with Crippen molar-refractivity contribution in [2.45, 2.75) is 44.3 Å². The highest BCUT2D eigenvalue weighted by molar-refractivity contribution is 5.67. The molecule has 0 bridgehead atoms. The van der Waals surface area contributed by atoms with Gasteiger partial charge < -0.3 is 9.84 Å². The van der Waals surface area contributed by atoms with Gasteiger partial charge in [0.1, 0.15) is 0 Å². The van der Waals surface area contributed by atoms with E-state index < -0.39 is 5.97 Å². The first-order valence-corrected chi connectivity index (χ1v) is 4.70. The van der Waals surface area contributed by atoms with Gasteiger partial charge in [-0.15, -0.1) is 6.58 Å². The molecule has 0 amide bonds. The monoisotopic (exact) mass is 184 g/mol. The summed E-state index contributed by atoms with van der Waals surface area (Å²) < 4.78 is 5.59. The van der Waals surface area contributed by atoms with Crippen molar-refractivity contribution in [1.82, 2.24) is 0 Å². The number of rotatable bonds is 4. The Morgan fingerprint density at radius 2 is 2.23 bits per heavy atom. The van der Waals surface area contributed by atoms with Crippen molar-refractivity contribution in [2.24, 2.45) is 0 Å². The summed E-state index contributed by atoms with van der Waals surface area (Å²) in [6.45, 7) is 3.64. The molecule has 2 atom stereocenters. The number of carbonyl (C=O) groups is 1. The molecule has 1 saturated heterocycles. The van der Waals surface area contributed by atoms with E-state index in [9.17, 15) is 4.79 Å². The van der Waals surface area contributed by atoms with Crippen molar-refractivity contribution in [2.75, 3.05) is 0 Å². The molecule has 0 saturated carbocycles. The molecule has 1 unspecified atom stereocenters. The largest absolute Gasteiger partial charge is 0.481 e. The zero-order valence-corrected chi connectivity index (χ0v) is 7.74. The third-order valence-corrected chi connectivity index (χ3v) is 2.27. The lowest BCUT2D eigenvalue weighted by atomic mass is 10.0. The van der Waals surface area contributed by atoms with Crippen molar-refractivity contribution < 1.29 is 14.6 Å². The second-order valence-corrected chi connectivity index (χ2v) is 3.43. The topological polar surface area (TPSA) is 46.5 Å². The first kappa shape index (κ1) is 10.3. The summed E-state index contributed by atoms with van der Waals surface area (Å²) in [5.74, 6) is -0.774. The molecule has 1 N–H and O–H groups in total. The van der Waals surface area contributed by atoms with E-state index in [-0.39, 0.29) is 18.6 Å². The lowest BCUT2D eigenvalue weighted by Gasteiger charge is -2.28. The van der Waals surface area contributed by atoms with Crippen LogP contribution in [0.3, 0.4) is 0 Å². The molecule has 0 radical (unpaired) electrons. The number of aliphatic carboxylic acids is 1. The zero-order chi connectivity index (χ0) is 9.68. The van der Waals surface area contributed by atoms with Crippen molar-refractivity contribution >= 4 is 5.97 Å². The van der Waals surface area contributed by atoms with E-state index in [4.69, 9.17) is 9.84 Å². The number of ether oxygens (including phenoxy) is 1. The Morgan fingerprint density at radius 3 is 2.85 bits per heavy atom. The molecule has 0 aromatic carbocycles. The van der Waals surface area contributed by atoms with Crippen LogP contribution in [0.1, 0.15) is 32.1 Å². The van der Waals surface area contributed by atoms with Crippen molar-refractivity contribution in [3.8, 4) is 0 Å². The molecule has 3 nitrogen and oxygen atoms in total. The zero-order valence-electron chi connectivity index (χ0n) is 7.74. The molecule has 1 heterocycles.